The molecule has 0 radical (unpaired) electrons. The van der Waals surface area contributed by atoms with Crippen LogP contribution >= 0.6 is 11.8 Å². The molecule has 3 aromatic rings. The number of aromatic nitrogens is 2. The van der Waals surface area contributed by atoms with Crippen LogP contribution < -0.4 is 5.32 Å². The van der Waals surface area contributed by atoms with E-state index in [1.807, 2.05) is 44.2 Å². The zero-order chi connectivity index (χ0) is 16.2. The Morgan fingerprint density at radius 1 is 1.22 bits per heavy atom. The Labute approximate surface area is 138 Å². The normalized spacial score (nSPS) is 12.3. The second-order valence-electron chi connectivity index (χ2n) is 5.16. The van der Waals surface area contributed by atoms with Crippen molar-refractivity contribution in [3.05, 3.63) is 54.1 Å². The molecule has 0 spiro atoms. The highest BCUT2D eigenvalue weighted by Crippen LogP contribution is 2.25. The van der Waals surface area contributed by atoms with Crippen LogP contribution in [0, 0.1) is 6.92 Å². The lowest BCUT2D eigenvalue weighted by molar-refractivity contribution is -0.120. The number of hydrogen-bond donors (Lipinski definition) is 1. The van der Waals surface area contributed by atoms with Crippen molar-refractivity contribution in [3.8, 4) is 0 Å². The molecule has 0 fully saturated rings. The van der Waals surface area contributed by atoms with Crippen molar-refractivity contribution >= 4 is 28.7 Å². The molecule has 0 aliphatic carbocycles. The molecule has 2 aromatic heterocycles. The molecule has 3 rings (SSSR count). The van der Waals surface area contributed by atoms with E-state index in [1.54, 1.807) is 12.3 Å². The van der Waals surface area contributed by atoms with Gasteiger partial charge in [0.05, 0.1) is 34.8 Å². The average Bonchev–Trinajstić information content (AvgIpc) is 3.06. The monoisotopic (exact) mass is 327 g/mol. The highest BCUT2D eigenvalue weighted by atomic mass is 32.2. The number of amides is 1. The van der Waals surface area contributed by atoms with E-state index in [4.69, 9.17) is 4.42 Å². The number of hydrogen-bond acceptors (Lipinski definition) is 5. The van der Waals surface area contributed by atoms with Crippen LogP contribution in [0.4, 0.5) is 0 Å². The Morgan fingerprint density at radius 3 is 2.65 bits per heavy atom. The Bertz CT molecular complexity index is 818. The maximum Gasteiger partial charge on any atom is 0.233 e. The quantitative estimate of drug-likeness (QED) is 0.728. The number of nitrogens with one attached hydrogen (secondary N) is 1. The summed E-state index contributed by atoms with van der Waals surface area (Å²) >= 11 is 1.41. The third kappa shape index (κ3) is 3.71. The first kappa shape index (κ1) is 15.6. The molecule has 1 N–H and O–H groups in total. The van der Waals surface area contributed by atoms with Gasteiger partial charge in [-0.1, -0.05) is 23.9 Å². The number of furan rings is 1. The van der Waals surface area contributed by atoms with Gasteiger partial charge in [-0.25, -0.2) is 9.97 Å². The third-order valence-electron chi connectivity index (χ3n) is 3.38. The van der Waals surface area contributed by atoms with Crippen molar-refractivity contribution < 1.29 is 9.21 Å². The molecule has 118 valence electrons. The Kier molecular flexibility index (Phi) is 4.62. The summed E-state index contributed by atoms with van der Waals surface area (Å²) in [4.78, 5) is 21.3. The molecule has 1 amide bonds. The maximum absolute atomic E-state index is 12.2. The van der Waals surface area contributed by atoms with Gasteiger partial charge in [0.1, 0.15) is 10.8 Å². The largest absolute Gasteiger partial charge is 0.467 e. The minimum Gasteiger partial charge on any atom is -0.467 e. The smallest absolute Gasteiger partial charge is 0.233 e. The number of para-hydroxylation sites is 2. The fourth-order valence-corrected chi connectivity index (χ4v) is 3.03. The van der Waals surface area contributed by atoms with Gasteiger partial charge in [0.2, 0.25) is 5.91 Å². The van der Waals surface area contributed by atoms with Crippen molar-refractivity contribution in [1.82, 2.24) is 15.3 Å². The lowest BCUT2D eigenvalue weighted by Crippen LogP contribution is -2.30. The highest BCUT2D eigenvalue weighted by Gasteiger charge is 2.17. The molecule has 0 saturated heterocycles. The molecule has 5 nitrogen and oxygen atoms in total. The molecule has 1 aromatic carbocycles. The van der Waals surface area contributed by atoms with Crippen molar-refractivity contribution in [2.24, 2.45) is 0 Å². The molecular formula is C17H17N3O2S. The minimum atomic E-state index is -0.265. The topological polar surface area (TPSA) is 68.0 Å². The lowest BCUT2D eigenvalue weighted by Gasteiger charge is -2.12. The van der Waals surface area contributed by atoms with Gasteiger partial charge in [-0.2, -0.15) is 0 Å². The van der Waals surface area contributed by atoms with E-state index in [0.717, 1.165) is 27.5 Å². The minimum absolute atomic E-state index is 0.0549. The van der Waals surface area contributed by atoms with E-state index in [0.29, 0.717) is 6.54 Å². The van der Waals surface area contributed by atoms with Crippen molar-refractivity contribution in [2.75, 3.05) is 0 Å². The van der Waals surface area contributed by atoms with Gasteiger partial charge in [0, 0.05) is 0 Å². The molecule has 0 aliphatic rings. The summed E-state index contributed by atoms with van der Waals surface area (Å²) in [5.74, 6) is 0.679. The number of aryl methyl sites for hydroxylation is 1. The first-order valence-corrected chi connectivity index (χ1v) is 8.21. The van der Waals surface area contributed by atoms with Crippen LogP contribution in [-0.2, 0) is 11.3 Å². The van der Waals surface area contributed by atoms with Gasteiger partial charge in [0.25, 0.3) is 0 Å². The first-order chi connectivity index (χ1) is 11.1. The van der Waals surface area contributed by atoms with Crippen molar-refractivity contribution in [2.45, 2.75) is 30.7 Å². The van der Waals surface area contributed by atoms with E-state index >= 15 is 0 Å². The fraction of sp³-hybridized carbons (Fsp3) is 0.235. The summed E-state index contributed by atoms with van der Waals surface area (Å²) in [6.45, 7) is 4.16. The molecule has 0 aliphatic heterocycles. The molecule has 0 saturated carbocycles. The van der Waals surface area contributed by atoms with Gasteiger partial charge in [0.15, 0.2) is 0 Å². The van der Waals surface area contributed by atoms with Crippen molar-refractivity contribution in [1.29, 1.82) is 0 Å². The molecule has 1 atom stereocenters. The Morgan fingerprint density at radius 2 is 1.96 bits per heavy atom. The zero-order valence-electron chi connectivity index (χ0n) is 12.9. The van der Waals surface area contributed by atoms with Crippen LogP contribution in [0.15, 0.2) is 52.1 Å². The molecule has 6 heteroatoms. The number of fused-ring (bicyclic) bond motifs is 1. The number of benzene rings is 1. The van der Waals surface area contributed by atoms with Gasteiger partial charge in [-0.3, -0.25) is 4.79 Å². The lowest BCUT2D eigenvalue weighted by atomic mass is 10.3. The zero-order valence-corrected chi connectivity index (χ0v) is 13.8. The molecule has 2 heterocycles. The standard InChI is InChI=1S/C17H17N3O2S/c1-11-17(20-15-8-4-3-7-14(15)19-11)23-12(2)16(21)18-10-13-6-5-9-22-13/h3-9,12H,10H2,1-2H3,(H,18,21). The predicted molar refractivity (Wildman–Crippen MR) is 90.1 cm³/mol. The maximum atomic E-state index is 12.2. The number of carbonyl (C=O) groups excluding carboxylic acids is 1. The second kappa shape index (κ2) is 6.83. The number of nitrogens with zero attached hydrogens (tertiary/aromatic N) is 2. The van der Waals surface area contributed by atoms with Gasteiger partial charge < -0.3 is 9.73 Å². The van der Waals surface area contributed by atoms with Crippen LogP contribution in [0.3, 0.4) is 0 Å². The predicted octanol–water partition coefficient (Wildman–Crippen LogP) is 3.33. The highest BCUT2D eigenvalue weighted by molar-refractivity contribution is 8.00. The Balaban J connectivity index is 1.68. The van der Waals surface area contributed by atoms with Crippen LogP contribution in [0.1, 0.15) is 18.4 Å². The van der Waals surface area contributed by atoms with E-state index < -0.39 is 0 Å². The summed E-state index contributed by atoms with van der Waals surface area (Å²) in [7, 11) is 0. The van der Waals surface area contributed by atoms with Gasteiger partial charge in [-0.05, 0) is 38.1 Å². The van der Waals surface area contributed by atoms with Crippen molar-refractivity contribution in [3.63, 3.8) is 0 Å². The van der Waals surface area contributed by atoms with E-state index in [1.165, 1.54) is 11.8 Å². The average molecular weight is 327 g/mol. The second-order valence-corrected chi connectivity index (χ2v) is 6.49. The number of thioether (sulfide) groups is 1. The number of rotatable bonds is 5. The fourth-order valence-electron chi connectivity index (χ4n) is 2.14. The molecule has 23 heavy (non-hydrogen) atoms. The molecule has 0 bridgehead atoms. The summed E-state index contributed by atoms with van der Waals surface area (Å²) in [5.41, 5.74) is 2.53. The Hall–Kier alpha value is -2.34. The van der Waals surface area contributed by atoms with Crippen LogP contribution in [0.5, 0.6) is 0 Å². The summed E-state index contributed by atoms with van der Waals surface area (Å²) in [6, 6.07) is 11.4. The summed E-state index contributed by atoms with van der Waals surface area (Å²) in [6.07, 6.45) is 1.59. The van der Waals surface area contributed by atoms with Crippen LogP contribution in [-0.4, -0.2) is 21.1 Å². The van der Waals surface area contributed by atoms with E-state index in [-0.39, 0.29) is 11.2 Å². The molecular weight excluding hydrogens is 310 g/mol. The first-order valence-electron chi connectivity index (χ1n) is 7.33. The summed E-state index contributed by atoms with van der Waals surface area (Å²) in [5, 5.41) is 3.38. The SMILES string of the molecule is Cc1nc2ccccc2nc1SC(C)C(=O)NCc1ccco1. The third-order valence-corrected chi connectivity index (χ3v) is 4.55. The number of carbonyl (C=O) groups is 1. The van der Waals surface area contributed by atoms with Crippen LogP contribution in [0.2, 0.25) is 0 Å². The molecule has 1 unspecified atom stereocenters. The van der Waals surface area contributed by atoms with Crippen LogP contribution in [0.25, 0.3) is 11.0 Å². The van der Waals surface area contributed by atoms with E-state index in [2.05, 4.69) is 15.3 Å². The van der Waals surface area contributed by atoms with Gasteiger partial charge in [-0.15, -0.1) is 0 Å². The van der Waals surface area contributed by atoms with Gasteiger partial charge >= 0.3 is 0 Å². The summed E-state index contributed by atoms with van der Waals surface area (Å²) < 4.78 is 5.21. The van der Waals surface area contributed by atoms with E-state index in [9.17, 15) is 4.79 Å².